The van der Waals surface area contributed by atoms with Crippen molar-refractivity contribution in [3.8, 4) is 0 Å². The minimum Gasteiger partial charge on any atom is -0.379 e. The summed E-state index contributed by atoms with van der Waals surface area (Å²) in [6, 6.07) is 12.8. The van der Waals surface area contributed by atoms with E-state index >= 15 is 0 Å². The van der Waals surface area contributed by atoms with Crippen LogP contribution < -0.4 is 10.6 Å². The largest absolute Gasteiger partial charge is 0.379 e. The quantitative estimate of drug-likeness (QED) is 0.242. The molecular weight excluding hydrogens is 532 g/mol. The van der Waals surface area contributed by atoms with Gasteiger partial charge in [-0.2, -0.15) is 0 Å². The lowest BCUT2D eigenvalue weighted by Gasteiger charge is -2.26. The third kappa shape index (κ3) is 7.78. The molecule has 0 spiro atoms. The Morgan fingerprint density at radius 3 is 2.75 bits per heavy atom. The predicted molar refractivity (Wildman–Crippen MR) is 141 cm³/mol. The first kappa shape index (κ1) is 26.1. The number of hydrogen-bond acceptors (Lipinski definition) is 6. The molecule has 0 saturated carbocycles. The average molecular weight is 560 g/mol. The lowest BCUT2D eigenvalue weighted by molar-refractivity contribution is -0.112. The zero-order chi connectivity index (χ0) is 25.4. The third-order valence-electron chi connectivity index (χ3n) is 5.81. The summed E-state index contributed by atoms with van der Waals surface area (Å²) in [6.45, 7) is 3.87. The molecule has 1 aliphatic heterocycles. The predicted octanol–water partition coefficient (Wildman–Crippen LogP) is 5.77. The summed E-state index contributed by atoms with van der Waals surface area (Å²) in [7, 11) is 0. The topological polar surface area (TPSA) is 79.4 Å². The second kappa shape index (κ2) is 12.3. The zero-order valence-electron chi connectivity index (χ0n) is 19.7. The van der Waals surface area contributed by atoms with E-state index in [-0.39, 0.29) is 6.42 Å². The van der Waals surface area contributed by atoms with Crippen LogP contribution >= 0.6 is 15.9 Å². The summed E-state index contributed by atoms with van der Waals surface area (Å²) in [6.07, 6.45) is 3.81. The molecule has 2 aromatic carbocycles. The van der Waals surface area contributed by atoms with Gasteiger partial charge in [0.25, 0.3) is 5.92 Å². The number of allylic oxidation sites excluding steroid dienone is 1. The molecule has 36 heavy (non-hydrogen) atoms. The van der Waals surface area contributed by atoms with Crippen LogP contribution in [0.2, 0.25) is 0 Å². The van der Waals surface area contributed by atoms with Gasteiger partial charge in [-0.05, 0) is 61.9 Å². The molecule has 0 unspecified atom stereocenters. The molecule has 2 N–H and O–H groups in total. The van der Waals surface area contributed by atoms with Crippen LogP contribution in [0.1, 0.15) is 19.3 Å². The molecule has 0 radical (unpaired) electrons. The Hall–Kier alpha value is -2.95. The summed E-state index contributed by atoms with van der Waals surface area (Å²) in [4.78, 5) is 23.1. The maximum absolute atomic E-state index is 14.3. The number of ether oxygens (including phenoxy) is 1. The van der Waals surface area contributed by atoms with Gasteiger partial charge < -0.3 is 15.4 Å². The molecule has 1 aromatic heterocycles. The second-order valence-electron chi connectivity index (χ2n) is 8.58. The number of nitrogens with zero attached hydrogens (tertiary/aromatic N) is 3. The van der Waals surface area contributed by atoms with Gasteiger partial charge >= 0.3 is 0 Å². The van der Waals surface area contributed by atoms with Crippen molar-refractivity contribution >= 4 is 49.9 Å². The molecule has 7 nitrogen and oxygen atoms in total. The number of unbranched alkanes of at least 4 members (excludes halogenated alkanes) is 1. The van der Waals surface area contributed by atoms with Gasteiger partial charge in [0.15, 0.2) is 0 Å². The molecule has 0 bridgehead atoms. The minimum absolute atomic E-state index is 0.293. The summed E-state index contributed by atoms with van der Waals surface area (Å²) < 4.78 is 34.7. The van der Waals surface area contributed by atoms with Crippen LogP contribution in [0.3, 0.4) is 0 Å². The van der Waals surface area contributed by atoms with Crippen molar-refractivity contribution in [3.05, 3.63) is 65.4 Å². The van der Waals surface area contributed by atoms with Crippen molar-refractivity contribution in [2.24, 2.45) is 0 Å². The fourth-order valence-electron chi connectivity index (χ4n) is 3.92. The molecule has 1 saturated heterocycles. The first-order chi connectivity index (χ1) is 17.4. The van der Waals surface area contributed by atoms with Crippen molar-refractivity contribution in [1.29, 1.82) is 0 Å². The average Bonchev–Trinajstić information content (AvgIpc) is 2.87. The van der Waals surface area contributed by atoms with Gasteiger partial charge in [0.1, 0.15) is 12.1 Å². The van der Waals surface area contributed by atoms with Gasteiger partial charge in [0.05, 0.1) is 18.7 Å². The third-order valence-corrected chi connectivity index (χ3v) is 6.30. The highest BCUT2D eigenvalue weighted by Gasteiger charge is 2.24. The van der Waals surface area contributed by atoms with Gasteiger partial charge in [-0.15, -0.1) is 0 Å². The number of anilines is 3. The zero-order valence-corrected chi connectivity index (χ0v) is 21.3. The summed E-state index contributed by atoms with van der Waals surface area (Å²) >= 11 is 3.44. The number of aromatic nitrogens is 2. The maximum atomic E-state index is 14.3. The van der Waals surface area contributed by atoms with Crippen LogP contribution in [-0.4, -0.2) is 59.5 Å². The molecule has 4 rings (SSSR count). The Morgan fingerprint density at radius 1 is 1.11 bits per heavy atom. The highest BCUT2D eigenvalue weighted by atomic mass is 79.9. The van der Waals surface area contributed by atoms with Crippen LogP contribution in [-0.2, 0) is 9.53 Å². The Balaban J connectivity index is 1.33. The van der Waals surface area contributed by atoms with E-state index in [0.29, 0.717) is 54.5 Å². The Bertz CT molecular complexity index is 1220. The minimum atomic E-state index is -3.04. The molecule has 1 amide bonds. The van der Waals surface area contributed by atoms with E-state index in [2.05, 4.69) is 41.4 Å². The SMILES string of the molecule is O=C(C=CC(F)(F)CCCCN1CCOCC1)Nc1ccc2ncnc(Nc3cccc(Br)c3)c2c1. The number of amides is 1. The molecule has 3 aromatic rings. The molecular formula is C26H28BrF2N5O2. The van der Waals surface area contributed by atoms with Crippen LogP contribution in [0.5, 0.6) is 0 Å². The number of carbonyl (C=O) groups is 1. The number of nitrogens with one attached hydrogen (secondary N) is 2. The van der Waals surface area contributed by atoms with Gasteiger partial charge in [-0.1, -0.05) is 22.0 Å². The molecule has 1 fully saturated rings. The molecule has 0 atom stereocenters. The van der Waals surface area contributed by atoms with E-state index in [1.54, 1.807) is 18.2 Å². The molecule has 190 valence electrons. The van der Waals surface area contributed by atoms with E-state index in [9.17, 15) is 13.6 Å². The van der Waals surface area contributed by atoms with Crippen LogP contribution in [0, 0.1) is 0 Å². The van der Waals surface area contributed by atoms with Crippen LogP contribution in [0.15, 0.2) is 65.4 Å². The number of morpholine rings is 1. The van der Waals surface area contributed by atoms with Crippen LogP contribution in [0.4, 0.5) is 26.0 Å². The van der Waals surface area contributed by atoms with E-state index < -0.39 is 11.8 Å². The van der Waals surface area contributed by atoms with Gasteiger partial charge in [-0.3, -0.25) is 9.69 Å². The van der Waals surface area contributed by atoms with E-state index in [1.807, 2.05) is 24.3 Å². The van der Waals surface area contributed by atoms with Crippen LogP contribution in [0.25, 0.3) is 10.9 Å². The summed E-state index contributed by atoms with van der Waals surface area (Å²) in [5.41, 5.74) is 1.96. The van der Waals surface area contributed by atoms with Gasteiger partial charge in [-0.25, -0.2) is 18.7 Å². The molecule has 0 aliphatic carbocycles. The number of carbonyl (C=O) groups excluding carboxylic acids is 1. The monoisotopic (exact) mass is 559 g/mol. The van der Waals surface area contributed by atoms with E-state index in [1.165, 1.54) is 6.33 Å². The number of alkyl halides is 2. The Kier molecular flexibility index (Phi) is 8.95. The van der Waals surface area contributed by atoms with E-state index in [0.717, 1.165) is 35.9 Å². The first-order valence-corrected chi connectivity index (χ1v) is 12.6. The standard InChI is InChI=1S/C26H28BrF2N5O2/c27-19-4-3-5-20(16-19)33-25-22-17-21(6-7-23(22)30-18-31-25)32-24(35)8-10-26(28,29)9-1-2-11-34-12-14-36-15-13-34/h3-8,10,16-18H,1-2,9,11-15H2,(H,32,35)(H,30,31,33). The highest BCUT2D eigenvalue weighted by molar-refractivity contribution is 9.10. The number of rotatable bonds is 10. The van der Waals surface area contributed by atoms with Crippen molar-refractivity contribution in [2.45, 2.75) is 25.2 Å². The first-order valence-electron chi connectivity index (χ1n) is 11.8. The van der Waals surface area contributed by atoms with Crippen molar-refractivity contribution < 1.29 is 18.3 Å². The molecule has 1 aliphatic rings. The maximum Gasteiger partial charge on any atom is 0.266 e. The van der Waals surface area contributed by atoms with Crippen molar-refractivity contribution in [1.82, 2.24) is 14.9 Å². The summed E-state index contributed by atoms with van der Waals surface area (Å²) in [5, 5.41) is 6.58. The van der Waals surface area contributed by atoms with Gasteiger partial charge in [0, 0.05) is 46.8 Å². The summed E-state index contributed by atoms with van der Waals surface area (Å²) in [5.74, 6) is -3.10. The number of hydrogen-bond donors (Lipinski definition) is 2. The second-order valence-corrected chi connectivity index (χ2v) is 9.50. The Morgan fingerprint density at radius 2 is 1.94 bits per heavy atom. The van der Waals surface area contributed by atoms with Gasteiger partial charge in [0.2, 0.25) is 5.91 Å². The van der Waals surface area contributed by atoms with E-state index in [4.69, 9.17) is 4.74 Å². The molecule has 2 heterocycles. The molecule has 10 heteroatoms. The van der Waals surface area contributed by atoms with Crippen molar-refractivity contribution in [2.75, 3.05) is 43.5 Å². The fraction of sp³-hybridized carbons (Fsp3) is 0.346. The fourth-order valence-corrected chi connectivity index (χ4v) is 4.32. The smallest absolute Gasteiger partial charge is 0.266 e. The lowest BCUT2D eigenvalue weighted by Crippen LogP contribution is -2.36. The Labute approximate surface area is 217 Å². The van der Waals surface area contributed by atoms with Crippen molar-refractivity contribution in [3.63, 3.8) is 0 Å². The highest BCUT2D eigenvalue weighted by Crippen LogP contribution is 2.27. The normalized spacial score (nSPS) is 14.9. The lowest BCUT2D eigenvalue weighted by atomic mass is 10.1. The number of halogens is 3. The number of fused-ring (bicyclic) bond motifs is 1. The number of benzene rings is 2.